The number of hydrogen-bond donors (Lipinski definition) is 1. The molecule has 170 valence electrons. The molecule has 0 radical (unpaired) electrons. The molecule has 32 heavy (non-hydrogen) atoms. The van der Waals surface area contributed by atoms with Crippen molar-refractivity contribution >= 4 is 23.2 Å². The highest BCUT2D eigenvalue weighted by atomic mass is 16.5. The second-order valence-electron chi connectivity index (χ2n) is 9.06. The summed E-state index contributed by atoms with van der Waals surface area (Å²) in [5, 5.41) is 3.05. The van der Waals surface area contributed by atoms with Gasteiger partial charge in [-0.2, -0.15) is 0 Å². The number of amides is 2. The number of piperidine rings is 1. The Bertz CT molecular complexity index is 1040. The van der Waals surface area contributed by atoms with E-state index in [1.54, 1.807) is 7.11 Å². The van der Waals surface area contributed by atoms with Crippen molar-refractivity contribution in [1.29, 1.82) is 0 Å². The fourth-order valence-electron chi connectivity index (χ4n) is 4.59. The first-order valence-corrected chi connectivity index (χ1v) is 11.0. The first-order chi connectivity index (χ1) is 15.2. The Labute approximate surface area is 189 Å². The van der Waals surface area contributed by atoms with Gasteiger partial charge in [-0.3, -0.25) is 9.59 Å². The lowest BCUT2D eigenvalue weighted by Gasteiger charge is -2.38. The van der Waals surface area contributed by atoms with Crippen molar-refractivity contribution in [3.05, 3.63) is 42.0 Å². The van der Waals surface area contributed by atoms with Gasteiger partial charge in [0, 0.05) is 56.6 Å². The lowest BCUT2D eigenvalue weighted by molar-refractivity contribution is -0.137. The van der Waals surface area contributed by atoms with Crippen LogP contribution in [0.15, 0.2) is 36.4 Å². The minimum Gasteiger partial charge on any atom is -0.493 e. The second kappa shape index (κ2) is 8.37. The van der Waals surface area contributed by atoms with Gasteiger partial charge in [0.2, 0.25) is 11.8 Å². The van der Waals surface area contributed by atoms with Crippen molar-refractivity contribution < 1.29 is 19.1 Å². The van der Waals surface area contributed by atoms with Gasteiger partial charge in [0.05, 0.1) is 12.5 Å². The largest absolute Gasteiger partial charge is 0.493 e. The van der Waals surface area contributed by atoms with Crippen LogP contribution in [0.25, 0.3) is 0 Å². The van der Waals surface area contributed by atoms with E-state index >= 15 is 0 Å². The van der Waals surface area contributed by atoms with Crippen LogP contribution >= 0.6 is 0 Å². The zero-order valence-corrected chi connectivity index (χ0v) is 19.4. The molecule has 0 unspecified atom stereocenters. The predicted octanol–water partition coefficient (Wildman–Crippen LogP) is 4.02. The van der Waals surface area contributed by atoms with E-state index in [0.717, 1.165) is 16.9 Å². The Hall–Kier alpha value is -3.22. The molecule has 0 saturated carbocycles. The number of methoxy groups -OCH3 is 1. The van der Waals surface area contributed by atoms with Crippen LogP contribution in [0, 0.1) is 5.92 Å². The third-order valence-corrected chi connectivity index (χ3v) is 6.49. The molecule has 4 rings (SSSR count). The SMILES string of the molecule is COc1cc2c(cc1Oc1cccc(N(C)C)c1)NC(=O)C21CCN(C(=O)C(C)C)CC1. The number of benzene rings is 2. The van der Waals surface area contributed by atoms with Crippen molar-refractivity contribution in [2.75, 3.05) is 44.5 Å². The van der Waals surface area contributed by atoms with E-state index in [2.05, 4.69) is 5.32 Å². The molecule has 0 bridgehead atoms. The fraction of sp³-hybridized carbons (Fsp3) is 0.440. The summed E-state index contributed by atoms with van der Waals surface area (Å²) in [6, 6.07) is 11.5. The smallest absolute Gasteiger partial charge is 0.235 e. The molecule has 0 aromatic heterocycles. The number of likely N-dealkylation sites (tertiary alicyclic amines) is 1. The van der Waals surface area contributed by atoms with Gasteiger partial charge in [0.25, 0.3) is 0 Å². The summed E-state index contributed by atoms with van der Waals surface area (Å²) in [6.07, 6.45) is 1.19. The van der Waals surface area contributed by atoms with Crippen LogP contribution in [0.2, 0.25) is 0 Å². The van der Waals surface area contributed by atoms with Crippen LogP contribution in [-0.2, 0) is 15.0 Å². The van der Waals surface area contributed by atoms with Crippen LogP contribution in [0.3, 0.4) is 0 Å². The Morgan fingerprint density at radius 1 is 1.12 bits per heavy atom. The highest BCUT2D eigenvalue weighted by Crippen LogP contribution is 2.49. The van der Waals surface area contributed by atoms with Gasteiger partial charge < -0.3 is 24.6 Å². The predicted molar refractivity (Wildman–Crippen MR) is 125 cm³/mol. The van der Waals surface area contributed by atoms with Gasteiger partial charge >= 0.3 is 0 Å². The molecule has 0 aliphatic carbocycles. The van der Waals surface area contributed by atoms with Crippen molar-refractivity contribution in [1.82, 2.24) is 4.90 Å². The number of carbonyl (C=O) groups is 2. The van der Waals surface area contributed by atoms with Crippen LogP contribution in [0.1, 0.15) is 32.3 Å². The number of anilines is 2. The first-order valence-electron chi connectivity index (χ1n) is 11.0. The molecule has 1 N–H and O–H groups in total. The maximum Gasteiger partial charge on any atom is 0.235 e. The maximum absolute atomic E-state index is 13.1. The monoisotopic (exact) mass is 437 g/mol. The maximum atomic E-state index is 13.1. The Kier molecular flexibility index (Phi) is 5.75. The molecule has 2 aliphatic heterocycles. The summed E-state index contributed by atoms with van der Waals surface area (Å²) in [6.45, 7) is 4.96. The summed E-state index contributed by atoms with van der Waals surface area (Å²) in [5.41, 5.74) is 2.06. The molecular formula is C25H31N3O4. The van der Waals surface area contributed by atoms with Gasteiger partial charge in [-0.15, -0.1) is 0 Å². The van der Waals surface area contributed by atoms with E-state index in [0.29, 0.717) is 43.2 Å². The second-order valence-corrected chi connectivity index (χ2v) is 9.06. The Balaban J connectivity index is 1.63. The molecular weight excluding hydrogens is 406 g/mol. The van der Waals surface area contributed by atoms with Crippen LogP contribution in [-0.4, -0.2) is 51.0 Å². The quantitative estimate of drug-likeness (QED) is 0.765. The molecule has 1 spiro atoms. The molecule has 2 aliphatic rings. The average Bonchev–Trinajstić information content (AvgIpc) is 3.03. The number of fused-ring (bicyclic) bond motifs is 2. The molecule has 2 amide bonds. The van der Waals surface area contributed by atoms with Crippen molar-refractivity contribution in [2.24, 2.45) is 5.92 Å². The summed E-state index contributed by atoms with van der Waals surface area (Å²) >= 11 is 0. The van der Waals surface area contributed by atoms with E-state index in [9.17, 15) is 9.59 Å². The highest BCUT2D eigenvalue weighted by molar-refractivity contribution is 6.07. The van der Waals surface area contributed by atoms with Crippen molar-refractivity contribution in [2.45, 2.75) is 32.1 Å². The van der Waals surface area contributed by atoms with Gasteiger partial charge in [0.1, 0.15) is 5.75 Å². The number of nitrogens with one attached hydrogen (secondary N) is 1. The average molecular weight is 438 g/mol. The summed E-state index contributed by atoms with van der Waals surface area (Å²) in [5.74, 6) is 1.90. The Morgan fingerprint density at radius 2 is 1.84 bits per heavy atom. The molecule has 7 heteroatoms. The molecule has 2 heterocycles. The zero-order chi connectivity index (χ0) is 23.0. The zero-order valence-electron chi connectivity index (χ0n) is 19.4. The lowest BCUT2D eigenvalue weighted by atomic mass is 9.73. The van der Waals surface area contributed by atoms with Gasteiger partial charge in [-0.05, 0) is 36.6 Å². The summed E-state index contributed by atoms with van der Waals surface area (Å²) in [7, 11) is 5.56. The van der Waals surface area contributed by atoms with E-state index in [1.165, 1.54) is 0 Å². The number of ether oxygens (including phenoxy) is 2. The van der Waals surface area contributed by atoms with Gasteiger partial charge in [-0.1, -0.05) is 19.9 Å². The van der Waals surface area contributed by atoms with Crippen molar-refractivity contribution in [3.8, 4) is 17.2 Å². The van der Waals surface area contributed by atoms with Crippen LogP contribution in [0.5, 0.6) is 17.2 Å². The minimum absolute atomic E-state index is 0.0158. The number of carbonyl (C=O) groups excluding carboxylic acids is 2. The normalized spacial score (nSPS) is 16.7. The fourth-order valence-corrected chi connectivity index (χ4v) is 4.59. The van der Waals surface area contributed by atoms with Crippen LogP contribution < -0.4 is 19.7 Å². The molecule has 2 aromatic carbocycles. The first kappa shape index (κ1) is 22.0. The summed E-state index contributed by atoms with van der Waals surface area (Å²) in [4.78, 5) is 29.4. The topological polar surface area (TPSA) is 71.1 Å². The van der Waals surface area contributed by atoms with E-state index < -0.39 is 5.41 Å². The standard InChI is InChI=1S/C25H31N3O4/c1-16(2)23(29)28-11-9-25(10-12-28)19-14-21(31-5)22(15-20(19)26-24(25)30)32-18-8-6-7-17(13-18)27(3)4/h6-8,13-16H,9-12H2,1-5H3,(H,26,30). The Morgan fingerprint density at radius 3 is 2.47 bits per heavy atom. The molecule has 0 atom stereocenters. The van der Waals surface area contributed by atoms with E-state index in [4.69, 9.17) is 9.47 Å². The van der Waals surface area contributed by atoms with Crippen LogP contribution in [0.4, 0.5) is 11.4 Å². The van der Waals surface area contributed by atoms with E-state index in [-0.39, 0.29) is 17.7 Å². The lowest BCUT2D eigenvalue weighted by Crippen LogP contribution is -2.49. The molecule has 1 saturated heterocycles. The van der Waals surface area contributed by atoms with Gasteiger partial charge in [-0.25, -0.2) is 0 Å². The van der Waals surface area contributed by atoms with E-state index in [1.807, 2.05) is 74.1 Å². The molecule has 7 nitrogen and oxygen atoms in total. The van der Waals surface area contributed by atoms with Crippen molar-refractivity contribution in [3.63, 3.8) is 0 Å². The number of hydrogen-bond acceptors (Lipinski definition) is 5. The van der Waals surface area contributed by atoms with Gasteiger partial charge in [0.15, 0.2) is 11.5 Å². The third kappa shape index (κ3) is 3.76. The summed E-state index contributed by atoms with van der Waals surface area (Å²) < 4.78 is 11.8. The number of nitrogens with zero attached hydrogens (tertiary/aromatic N) is 2. The highest BCUT2D eigenvalue weighted by Gasteiger charge is 2.49. The third-order valence-electron chi connectivity index (χ3n) is 6.49. The molecule has 1 fully saturated rings. The molecule has 2 aromatic rings. The minimum atomic E-state index is -0.639. The number of rotatable bonds is 5.